The SMILES string of the molecule is COCCOC(=O)C1C(C)=NC2=C(C(=O)CC(C)(C)C2)[C@H]1c1cc(Br)c(O)c(OC)c1. The number of hydrogen-bond acceptors (Lipinski definition) is 7. The number of nitrogens with zero attached hydrogens (tertiary/aromatic N) is 1. The zero-order chi connectivity index (χ0) is 22.9. The first kappa shape index (κ1) is 23.5. The van der Waals surface area contributed by atoms with Crippen LogP contribution < -0.4 is 4.74 Å². The molecule has 0 bridgehead atoms. The fourth-order valence-corrected chi connectivity index (χ4v) is 4.81. The number of Topliss-reactive ketones (excluding diaryl/α,β-unsaturated/α-hetero) is 1. The molecule has 31 heavy (non-hydrogen) atoms. The normalized spacial score (nSPS) is 22.6. The first-order valence-electron chi connectivity index (χ1n) is 10.1. The Morgan fingerprint density at radius 1 is 1.26 bits per heavy atom. The fraction of sp³-hybridized carbons (Fsp3) is 0.522. The van der Waals surface area contributed by atoms with Crippen LogP contribution >= 0.6 is 15.9 Å². The molecule has 0 radical (unpaired) electrons. The van der Waals surface area contributed by atoms with Crippen molar-refractivity contribution in [2.24, 2.45) is 16.3 Å². The van der Waals surface area contributed by atoms with Crippen LogP contribution in [0, 0.1) is 11.3 Å². The number of allylic oxidation sites excluding steroid dienone is 2. The standard InChI is InChI=1S/C23H28BrNO6/c1-12-18(22(28)31-7-6-29-4)19(13-8-14(24)21(27)17(9-13)30-5)20-15(25-12)10-23(2,3)11-16(20)26/h8-9,18-19,27H,6-7,10-11H2,1-5H3/t18?,19-/m0/s1. The van der Waals surface area contributed by atoms with Crippen molar-refractivity contribution in [2.75, 3.05) is 27.4 Å². The van der Waals surface area contributed by atoms with Gasteiger partial charge in [-0.25, -0.2) is 0 Å². The molecule has 1 aliphatic carbocycles. The lowest BCUT2D eigenvalue weighted by Crippen LogP contribution is -2.39. The van der Waals surface area contributed by atoms with Gasteiger partial charge in [-0.1, -0.05) is 13.8 Å². The van der Waals surface area contributed by atoms with Gasteiger partial charge in [-0.15, -0.1) is 0 Å². The number of esters is 1. The zero-order valence-corrected chi connectivity index (χ0v) is 20.0. The quantitative estimate of drug-likeness (QED) is 0.471. The third-order valence-corrected chi connectivity index (χ3v) is 6.32. The molecule has 0 fully saturated rings. The molecule has 1 aliphatic heterocycles. The molecule has 3 rings (SSSR count). The number of carbonyl (C=O) groups is 2. The van der Waals surface area contributed by atoms with E-state index in [-0.39, 0.29) is 35.9 Å². The highest BCUT2D eigenvalue weighted by Gasteiger charge is 2.46. The molecule has 2 atom stereocenters. The molecule has 0 saturated carbocycles. The molecule has 2 aliphatic rings. The molecule has 7 nitrogen and oxygen atoms in total. The number of phenols is 1. The van der Waals surface area contributed by atoms with Gasteiger partial charge in [-0.05, 0) is 52.4 Å². The Labute approximate surface area is 190 Å². The van der Waals surface area contributed by atoms with Gasteiger partial charge in [-0.2, -0.15) is 0 Å². The van der Waals surface area contributed by atoms with Crippen molar-refractivity contribution in [3.8, 4) is 11.5 Å². The molecule has 0 saturated heterocycles. The second kappa shape index (κ2) is 9.12. The van der Waals surface area contributed by atoms with Crippen LogP contribution in [0.5, 0.6) is 11.5 Å². The maximum Gasteiger partial charge on any atom is 0.315 e. The van der Waals surface area contributed by atoms with Crippen molar-refractivity contribution in [2.45, 2.75) is 39.5 Å². The van der Waals surface area contributed by atoms with Crippen molar-refractivity contribution in [3.63, 3.8) is 0 Å². The molecule has 1 aromatic carbocycles. The number of hydrogen-bond donors (Lipinski definition) is 1. The Hall–Kier alpha value is -2.19. The van der Waals surface area contributed by atoms with Gasteiger partial charge in [-0.3, -0.25) is 14.6 Å². The number of phenolic OH excluding ortho intramolecular Hbond substituents is 1. The number of ether oxygens (including phenoxy) is 3. The highest BCUT2D eigenvalue weighted by Crippen LogP contribution is 2.49. The zero-order valence-electron chi connectivity index (χ0n) is 18.5. The van der Waals surface area contributed by atoms with E-state index in [2.05, 4.69) is 15.9 Å². The molecule has 168 valence electrons. The Morgan fingerprint density at radius 3 is 2.61 bits per heavy atom. The first-order chi connectivity index (χ1) is 14.6. The number of halogens is 1. The number of methoxy groups -OCH3 is 2. The predicted molar refractivity (Wildman–Crippen MR) is 120 cm³/mol. The van der Waals surface area contributed by atoms with Crippen molar-refractivity contribution in [1.29, 1.82) is 0 Å². The van der Waals surface area contributed by atoms with Crippen LogP contribution in [0.15, 0.2) is 32.9 Å². The van der Waals surface area contributed by atoms with Gasteiger partial charge in [0.2, 0.25) is 0 Å². The van der Waals surface area contributed by atoms with Crippen LogP contribution in [0.4, 0.5) is 0 Å². The fourth-order valence-electron chi connectivity index (χ4n) is 4.35. The predicted octanol–water partition coefficient (Wildman–Crippen LogP) is 4.17. The summed E-state index contributed by atoms with van der Waals surface area (Å²) in [5, 5.41) is 10.3. The van der Waals surface area contributed by atoms with Crippen LogP contribution in [-0.2, 0) is 19.1 Å². The summed E-state index contributed by atoms with van der Waals surface area (Å²) in [5.74, 6) is -1.63. The number of rotatable bonds is 6. The largest absolute Gasteiger partial charge is 0.503 e. The number of aliphatic imine (C=N–C) groups is 1. The Bertz CT molecular complexity index is 965. The summed E-state index contributed by atoms with van der Waals surface area (Å²) in [6, 6.07) is 3.38. The Balaban J connectivity index is 2.16. The van der Waals surface area contributed by atoms with Crippen LogP contribution in [-0.4, -0.2) is 50.0 Å². The second-order valence-corrected chi connectivity index (χ2v) is 9.58. The van der Waals surface area contributed by atoms with Crippen LogP contribution in [0.3, 0.4) is 0 Å². The van der Waals surface area contributed by atoms with Gasteiger partial charge in [0.05, 0.1) is 18.2 Å². The average molecular weight is 494 g/mol. The minimum absolute atomic E-state index is 0.0228. The van der Waals surface area contributed by atoms with Gasteiger partial charge in [0.25, 0.3) is 0 Å². The third kappa shape index (κ3) is 4.70. The highest BCUT2D eigenvalue weighted by atomic mass is 79.9. The van der Waals surface area contributed by atoms with E-state index in [1.807, 2.05) is 13.8 Å². The van der Waals surface area contributed by atoms with E-state index >= 15 is 0 Å². The van der Waals surface area contributed by atoms with Gasteiger partial charge in [0.15, 0.2) is 17.3 Å². The second-order valence-electron chi connectivity index (χ2n) is 8.72. The third-order valence-electron chi connectivity index (χ3n) is 5.72. The molecule has 1 unspecified atom stereocenters. The van der Waals surface area contributed by atoms with E-state index in [4.69, 9.17) is 19.2 Å². The van der Waals surface area contributed by atoms with Crippen LogP contribution in [0.1, 0.15) is 45.1 Å². The van der Waals surface area contributed by atoms with Crippen LogP contribution in [0.2, 0.25) is 0 Å². The van der Waals surface area contributed by atoms with Gasteiger partial charge in [0, 0.05) is 36.4 Å². The molecule has 1 aromatic rings. The molecule has 8 heteroatoms. The van der Waals surface area contributed by atoms with Crippen LogP contribution in [0.25, 0.3) is 0 Å². The maximum atomic E-state index is 13.3. The summed E-state index contributed by atoms with van der Waals surface area (Å²) in [7, 11) is 2.98. The number of aromatic hydroxyl groups is 1. The lowest BCUT2D eigenvalue weighted by atomic mass is 9.67. The molecular formula is C23H28BrNO6. The number of carbonyl (C=O) groups excluding carboxylic acids is 2. The summed E-state index contributed by atoms with van der Waals surface area (Å²) in [6.07, 6.45) is 1.02. The maximum absolute atomic E-state index is 13.3. The van der Waals surface area contributed by atoms with E-state index in [1.54, 1.807) is 19.1 Å². The average Bonchev–Trinajstić information content (AvgIpc) is 2.68. The minimum Gasteiger partial charge on any atom is -0.503 e. The summed E-state index contributed by atoms with van der Waals surface area (Å²) in [6.45, 7) is 6.26. The van der Waals surface area contributed by atoms with Gasteiger partial charge >= 0.3 is 5.97 Å². The van der Waals surface area contributed by atoms with E-state index in [0.29, 0.717) is 39.9 Å². The number of benzene rings is 1. The van der Waals surface area contributed by atoms with Crippen molar-refractivity contribution in [3.05, 3.63) is 33.4 Å². The Kier molecular flexibility index (Phi) is 6.91. The van der Waals surface area contributed by atoms with Crippen molar-refractivity contribution >= 4 is 33.4 Å². The first-order valence-corrected chi connectivity index (χ1v) is 10.9. The lowest BCUT2D eigenvalue weighted by Gasteiger charge is -2.39. The molecule has 0 spiro atoms. The Morgan fingerprint density at radius 2 is 1.97 bits per heavy atom. The summed E-state index contributed by atoms with van der Waals surface area (Å²) in [5.41, 5.74) is 2.32. The van der Waals surface area contributed by atoms with Gasteiger partial charge in [0.1, 0.15) is 12.5 Å². The smallest absolute Gasteiger partial charge is 0.315 e. The van der Waals surface area contributed by atoms with E-state index in [0.717, 1.165) is 0 Å². The topological polar surface area (TPSA) is 94.4 Å². The molecule has 0 aromatic heterocycles. The number of ketones is 1. The summed E-state index contributed by atoms with van der Waals surface area (Å²) < 4.78 is 16.1. The van der Waals surface area contributed by atoms with Gasteiger partial charge < -0.3 is 19.3 Å². The summed E-state index contributed by atoms with van der Waals surface area (Å²) >= 11 is 3.36. The van der Waals surface area contributed by atoms with E-state index < -0.39 is 17.8 Å². The summed E-state index contributed by atoms with van der Waals surface area (Å²) in [4.78, 5) is 31.1. The highest BCUT2D eigenvalue weighted by molar-refractivity contribution is 9.10. The van der Waals surface area contributed by atoms with E-state index in [9.17, 15) is 14.7 Å². The van der Waals surface area contributed by atoms with Crippen molar-refractivity contribution < 1.29 is 28.9 Å². The molecule has 1 N–H and O–H groups in total. The molecule has 1 heterocycles. The molecule has 0 amide bonds. The van der Waals surface area contributed by atoms with E-state index in [1.165, 1.54) is 14.2 Å². The lowest BCUT2D eigenvalue weighted by molar-refractivity contribution is -0.147. The minimum atomic E-state index is -0.762. The van der Waals surface area contributed by atoms with Crippen molar-refractivity contribution in [1.82, 2.24) is 0 Å². The monoisotopic (exact) mass is 493 g/mol. The molecular weight excluding hydrogens is 466 g/mol.